The van der Waals surface area contributed by atoms with E-state index in [-0.39, 0.29) is 5.69 Å². The second kappa shape index (κ2) is 6.87. The Kier molecular flexibility index (Phi) is 5.70. The van der Waals surface area contributed by atoms with E-state index in [0.717, 1.165) is 11.3 Å². The first kappa shape index (κ1) is 17.4. The number of carbonyl (C=O) groups is 1. The maximum absolute atomic E-state index is 12.1. The molecule has 2 unspecified atom stereocenters. The first-order chi connectivity index (χ1) is 9.65. The first-order valence-electron chi connectivity index (χ1n) is 7.44. The molecular formula is C16H26N2O3. The van der Waals surface area contributed by atoms with E-state index in [1.54, 1.807) is 18.4 Å². The van der Waals surface area contributed by atoms with E-state index in [1.807, 2.05) is 6.92 Å². The van der Waals surface area contributed by atoms with Crippen LogP contribution in [0, 0.1) is 31.6 Å². The molecule has 0 saturated carbocycles. The van der Waals surface area contributed by atoms with Crippen molar-refractivity contribution in [1.82, 2.24) is 9.55 Å². The topological polar surface area (TPSA) is 72.2 Å². The molecule has 0 aliphatic rings. The lowest BCUT2D eigenvalue weighted by atomic mass is 9.96. The number of nitrogens with zero attached hydrogens (tertiary/aromatic N) is 2. The number of carboxylic acid groups (broad SMARTS) is 1. The maximum atomic E-state index is 12.1. The van der Waals surface area contributed by atoms with E-state index in [2.05, 4.69) is 25.8 Å². The van der Waals surface area contributed by atoms with Crippen molar-refractivity contribution in [2.45, 2.75) is 54.5 Å². The molecule has 0 saturated heterocycles. The van der Waals surface area contributed by atoms with Crippen molar-refractivity contribution >= 4 is 5.97 Å². The van der Waals surface area contributed by atoms with E-state index in [0.29, 0.717) is 30.5 Å². The zero-order valence-electron chi connectivity index (χ0n) is 13.8. The molecule has 5 nitrogen and oxygen atoms in total. The molecule has 0 bridgehead atoms. The summed E-state index contributed by atoms with van der Waals surface area (Å²) in [5.74, 6) is -0.491. The molecule has 2 atom stereocenters. The van der Waals surface area contributed by atoms with Crippen molar-refractivity contribution in [3.63, 3.8) is 0 Å². The Bertz CT molecular complexity index is 576. The van der Waals surface area contributed by atoms with Gasteiger partial charge in [-0.3, -0.25) is 9.36 Å². The van der Waals surface area contributed by atoms with Gasteiger partial charge in [0.05, 0.1) is 5.92 Å². The van der Waals surface area contributed by atoms with Gasteiger partial charge >= 0.3 is 11.7 Å². The number of aryl methyl sites for hydroxylation is 1. The van der Waals surface area contributed by atoms with Crippen LogP contribution in [-0.4, -0.2) is 20.6 Å². The summed E-state index contributed by atoms with van der Waals surface area (Å²) < 4.78 is 1.68. The van der Waals surface area contributed by atoms with Gasteiger partial charge in [0.2, 0.25) is 0 Å². The Morgan fingerprint density at radius 2 is 1.81 bits per heavy atom. The van der Waals surface area contributed by atoms with Crippen molar-refractivity contribution in [2.24, 2.45) is 17.8 Å². The van der Waals surface area contributed by atoms with Crippen LogP contribution in [0.2, 0.25) is 0 Å². The summed E-state index contributed by atoms with van der Waals surface area (Å²) in [4.78, 5) is 27.3. The normalized spacial score (nSPS) is 14.2. The number of aromatic nitrogens is 2. The molecule has 0 aromatic carbocycles. The van der Waals surface area contributed by atoms with E-state index >= 15 is 0 Å². The summed E-state index contributed by atoms with van der Waals surface area (Å²) in [5, 5.41) is 9.08. The van der Waals surface area contributed by atoms with Gasteiger partial charge in [-0.15, -0.1) is 0 Å². The fraction of sp³-hybridized carbons (Fsp3) is 0.688. The largest absolute Gasteiger partial charge is 0.481 e. The molecule has 1 N–H and O–H groups in total. The van der Waals surface area contributed by atoms with Crippen LogP contribution >= 0.6 is 0 Å². The van der Waals surface area contributed by atoms with Gasteiger partial charge in [0.1, 0.15) is 0 Å². The lowest BCUT2D eigenvalue weighted by Gasteiger charge is -2.21. The predicted octanol–water partition coefficient (Wildman–Crippen LogP) is 2.42. The van der Waals surface area contributed by atoms with Crippen molar-refractivity contribution in [3.05, 3.63) is 27.4 Å². The lowest BCUT2D eigenvalue weighted by molar-refractivity contribution is -0.141. The maximum Gasteiger partial charge on any atom is 0.347 e. The third-order valence-corrected chi connectivity index (χ3v) is 4.31. The molecular weight excluding hydrogens is 268 g/mol. The molecule has 0 spiro atoms. The van der Waals surface area contributed by atoms with E-state index in [9.17, 15) is 9.59 Å². The molecule has 21 heavy (non-hydrogen) atoms. The second-order valence-corrected chi connectivity index (χ2v) is 6.32. The van der Waals surface area contributed by atoms with Crippen molar-refractivity contribution in [3.8, 4) is 0 Å². The summed E-state index contributed by atoms with van der Waals surface area (Å²) in [6.45, 7) is 12.3. The quantitative estimate of drug-likeness (QED) is 0.874. The monoisotopic (exact) mass is 294 g/mol. The highest BCUT2D eigenvalue weighted by Crippen LogP contribution is 2.18. The predicted molar refractivity (Wildman–Crippen MR) is 82.5 cm³/mol. The molecule has 0 amide bonds. The molecule has 1 heterocycles. The molecule has 118 valence electrons. The Hall–Kier alpha value is -1.65. The van der Waals surface area contributed by atoms with Gasteiger partial charge < -0.3 is 5.11 Å². The van der Waals surface area contributed by atoms with Gasteiger partial charge in [-0.2, -0.15) is 4.98 Å². The average Bonchev–Trinajstić information content (AvgIpc) is 2.38. The molecule has 1 rings (SSSR count). The Morgan fingerprint density at radius 3 is 2.29 bits per heavy atom. The fourth-order valence-electron chi connectivity index (χ4n) is 2.24. The van der Waals surface area contributed by atoms with Gasteiger partial charge in [0, 0.05) is 17.9 Å². The minimum absolute atomic E-state index is 0.246. The summed E-state index contributed by atoms with van der Waals surface area (Å²) in [7, 11) is 0. The number of carboxylic acids is 1. The van der Waals surface area contributed by atoms with E-state index < -0.39 is 11.9 Å². The van der Waals surface area contributed by atoms with Gasteiger partial charge in [0.25, 0.3) is 0 Å². The van der Waals surface area contributed by atoms with Crippen LogP contribution in [0.25, 0.3) is 0 Å². The van der Waals surface area contributed by atoms with Crippen LogP contribution in [0.3, 0.4) is 0 Å². The molecule has 0 aliphatic carbocycles. The van der Waals surface area contributed by atoms with Crippen molar-refractivity contribution in [1.29, 1.82) is 0 Å². The van der Waals surface area contributed by atoms with Crippen LogP contribution in [0.1, 0.15) is 44.6 Å². The number of hydrogen-bond donors (Lipinski definition) is 1. The molecule has 0 radical (unpaired) electrons. The summed E-state index contributed by atoms with van der Waals surface area (Å²) in [6.07, 6.45) is 0.399. The van der Waals surface area contributed by atoms with Crippen LogP contribution < -0.4 is 5.69 Å². The first-order valence-corrected chi connectivity index (χ1v) is 7.44. The smallest absolute Gasteiger partial charge is 0.347 e. The Balaban J connectivity index is 3.22. The average molecular weight is 294 g/mol. The molecule has 5 heteroatoms. The zero-order valence-corrected chi connectivity index (χ0v) is 13.8. The highest BCUT2D eigenvalue weighted by Gasteiger charge is 2.19. The van der Waals surface area contributed by atoms with Crippen LogP contribution in [-0.2, 0) is 17.8 Å². The van der Waals surface area contributed by atoms with Gasteiger partial charge in [-0.05, 0) is 37.7 Å². The standard InChI is InChI=1S/C16H26N2O3/c1-9(2)11(4)8-18-13(6)14(7-10(3)15(19)20)12(5)17-16(18)21/h9-11H,7-8H2,1-6H3,(H,19,20). The zero-order chi connectivity index (χ0) is 16.3. The number of hydrogen-bond acceptors (Lipinski definition) is 3. The Labute approximate surface area is 126 Å². The van der Waals surface area contributed by atoms with Gasteiger partial charge in [-0.25, -0.2) is 4.79 Å². The minimum atomic E-state index is -0.831. The van der Waals surface area contributed by atoms with Crippen molar-refractivity contribution < 1.29 is 9.90 Å². The van der Waals surface area contributed by atoms with Crippen LogP contribution in [0.4, 0.5) is 0 Å². The highest BCUT2D eigenvalue weighted by atomic mass is 16.4. The minimum Gasteiger partial charge on any atom is -0.481 e. The third kappa shape index (κ3) is 4.16. The molecule has 0 aliphatic heterocycles. The number of aliphatic carboxylic acids is 1. The van der Waals surface area contributed by atoms with E-state index in [1.165, 1.54) is 0 Å². The van der Waals surface area contributed by atoms with E-state index in [4.69, 9.17) is 5.11 Å². The molecule has 1 aromatic heterocycles. The summed E-state index contributed by atoms with van der Waals surface area (Å²) in [6, 6.07) is 0. The molecule has 0 fully saturated rings. The second-order valence-electron chi connectivity index (χ2n) is 6.32. The lowest BCUT2D eigenvalue weighted by Crippen LogP contribution is -2.31. The van der Waals surface area contributed by atoms with Crippen molar-refractivity contribution in [2.75, 3.05) is 0 Å². The van der Waals surface area contributed by atoms with Crippen LogP contribution in [0.15, 0.2) is 4.79 Å². The Morgan fingerprint density at radius 1 is 1.24 bits per heavy atom. The van der Waals surface area contributed by atoms with Gasteiger partial charge in [-0.1, -0.05) is 27.7 Å². The third-order valence-electron chi connectivity index (χ3n) is 4.31. The summed E-state index contributed by atoms with van der Waals surface area (Å²) in [5.41, 5.74) is 2.11. The highest BCUT2D eigenvalue weighted by molar-refractivity contribution is 5.70. The van der Waals surface area contributed by atoms with Crippen LogP contribution in [0.5, 0.6) is 0 Å². The number of rotatable bonds is 6. The SMILES string of the molecule is Cc1nc(=O)n(CC(C)C(C)C)c(C)c1CC(C)C(=O)O. The summed E-state index contributed by atoms with van der Waals surface area (Å²) >= 11 is 0. The fourth-order valence-corrected chi connectivity index (χ4v) is 2.24. The van der Waals surface area contributed by atoms with Gasteiger partial charge in [0.15, 0.2) is 0 Å². The molecule has 1 aromatic rings.